The van der Waals surface area contributed by atoms with Crippen LogP contribution in [0, 0.1) is 22.5 Å². The predicted octanol–water partition coefficient (Wildman–Crippen LogP) is 4.39. The molecule has 1 N–H and O–H groups in total. The normalized spacial score (nSPS) is 24.2. The van der Waals surface area contributed by atoms with Gasteiger partial charge >= 0.3 is 0 Å². The Hall–Kier alpha value is -0.960. The molecule has 0 aliphatic heterocycles. The van der Waals surface area contributed by atoms with Crippen LogP contribution < -0.4 is 0 Å². The SMILES string of the molecule is CC1(C)CC(C)(C)CC(O)(c2cccc(F)c2F)C1. The van der Waals surface area contributed by atoms with Gasteiger partial charge in [0, 0.05) is 5.56 Å². The summed E-state index contributed by atoms with van der Waals surface area (Å²) in [5.41, 5.74) is -1.41. The third-order valence-electron chi connectivity index (χ3n) is 3.95. The van der Waals surface area contributed by atoms with Crippen LogP contribution in [0.4, 0.5) is 8.78 Å². The Morgan fingerprint density at radius 3 is 2.00 bits per heavy atom. The molecule has 0 heterocycles. The number of hydrogen-bond donors (Lipinski definition) is 1. The van der Waals surface area contributed by atoms with E-state index in [-0.39, 0.29) is 16.4 Å². The molecule has 0 spiro atoms. The van der Waals surface area contributed by atoms with Crippen molar-refractivity contribution in [2.24, 2.45) is 10.8 Å². The number of benzene rings is 1. The summed E-state index contributed by atoms with van der Waals surface area (Å²) < 4.78 is 27.4. The summed E-state index contributed by atoms with van der Waals surface area (Å²) in [7, 11) is 0. The molecule has 1 aromatic carbocycles. The number of rotatable bonds is 1. The van der Waals surface area contributed by atoms with Gasteiger partial charge in [0.1, 0.15) is 0 Å². The van der Waals surface area contributed by atoms with Crippen molar-refractivity contribution in [1.82, 2.24) is 0 Å². The molecule has 1 aliphatic carbocycles. The molecule has 2 rings (SSSR count). The van der Waals surface area contributed by atoms with Crippen LogP contribution in [0.2, 0.25) is 0 Å². The van der Waals surface area contributed by atoms with E-state index in [1.807, 2.05) is 0 Å². The highest BCUT2D eigenvalue weighted by molar-refractivity contribution is 5.27. The van der Waals surface area contributed by atoms with Crippen LogP contribution in [-0.2, 0) is 5.60 Å². The Morgan fingerprint density at radius 2 is 1.47 bits per heavy atom. The maximum atomic E-state index is 14.0. The second-order valence-corrected chi connectivity index (χ2v) is 7.49. The molecule has 106 valence electrons. The summed E-state index contributed by atoms with van der Waals surface area (Å²) in [6.45, 7) is 8.26. The molecule has 0 bridgehead atoms. The number of aliphatic hydroxyl groups is 1. The third-order valence-corrected chi connectivity index (χ3v) is 3.95. The molecule has 1 aliphatic rings. The lowest BCUT2D eigenvalue weighted by Crippen LogP contribution is -2.44. The first-order valence-electron chi connectivity index (χ1n) is 6.72. The molecule has 0 aromatic heterocycles. The molecule has 1 fully saturated rings. The maximum absolute atomic E-state index is 14.0. The summed E-state index contributed by atoms with van der Waals surface area (Å²) in [6.07, 6.45) is 1.85. The highest BCUT2D eigenvalue weighted by Gasteiger charge is 2.48. The first-order chi connectivity index (χ1) is 8.55. The molecule has 0 atom stereocenters. The molecule has 0 amide bonds. The fourth-order valence-corrected chi connectivity index (χ4v) is 4.12. The van der Waals surface area contributed by atoms with Crippen LogP contribution in [0.1, 0.15) is 52.5 Å². The smallest absolute Gasteiger partial charge is 0.164 e. The molecule has 1 saturated carbocycles. The average Bonchev–Trinajstić information content (AvgIpc) is 2.16. The highest BCUT2D eigenvalue weighted by atomic mass is 19.2. The Labute approximate surface area is 113 Å². The summed E-state index contributed by atoms with van der Waals surface area (Å²) in [5.74, 6) is -1.81. The van der Waals surface area contributed by atoms with Crippen molar-refractivity contribution < 1.29 is 13.9 Å². The topological polar surface area (TPSA) is 20.2 Å². The lowest BCUT2D eigenvalue weighted by Gasteiger charge is -2.49. The molecule has 0 radical (unpaired) electrons. The van der Waals surface area contributed by atoms with Crippen molar-refractivity contribution in [3.8, 4) is 0 Å². The standard InChI is InChI=1S/C16H22F2O/c1-14(2)8-15(3,4)10-16(19,9-14)11-6-5-7-12(17)13(11)18/h5-7,19H,8-10H2,1-4H3. The van der Waals surface area contributed by atoms with E-state index in [4.69, 9.17) is 0 Å². The van der Waals surface area contributed by atoms with E-state index in [1.165, 1.54) is 12.1 Å². The van der Waals surface area contributed by atoms with Crippen molar-refractivity contribution in [2.45, 2.75) is 52.6 Å². The van der Waals surface area contributed by atoms with Gasteiger partial charge in [-0.05, 0) is 36.2 Å². The van der Waals surface area contributed by atoms with Gasteiger partial charge in [0.05, 0.1) is 5.60 Å². The van der Waals surface area contributed by atoms with Gasteiger partial charge in [-0.2, -0.15) is 0 Å². The van der Waals surface area contributed by atoms with Crippen molar-refractivity contribution in [3.05, 3.63) is 35.4 Å². The van der Waals surface area contributed by atoms with Gasteiger partial charge in [0.2, 0.25) is 0 Å². The van der Waals surface area contributed by atoms with Crippen LogP contribution in [-0.4, -0.2) is 5.11 Å². The monoisotopic (exact) mass is 268 g/mol. The van der Waals surface area contributed by atoms with E-state index < -0.39 is 17.2 Å². The number of hydrogen-bond acceptors (Lipinski definition) is 1. The quantitative estimate of drug-likeness (QED) is 0.801. The van der Waals surface area contributed by atoms with Gasteiger partial charge in [-0.3, -0.25) is 0 Å². The van der Waals surface area contributed by atoms with E-state index in [9.17, 15) is 13.9 Å². The predicted molar refractivity (Wildman–Crippen MR) is 71.7 cm³/mol. The van der Waals surface area contributed by atoms with E-state index in [2.05, 4.69) is 27.7 Å². The first kappa shape index (κ1) is 14.4. The first-order valence-corrected chi connectivity index (χ1v) is 6.72. The van der Waals surface area contributed by atoms with Gasteiger partial charge in [0.25, 0.3) is 0 Å². The summed E-state index contributed by atoms with van der Waals surface area (Å²) in [6, 6.07) is 4.04. The second-order valence-electron chi connectivity index (χ2n) is 7.49. The zero-order valence-corrected chi connectivity index (χ0v) is 12.1. The molecule has 0 unspecified atom stereocenters. The van der Waals surface area contributed by atoms with Gasteiger partial charge in [0.15, 0.2) is 11.6 Å². The second kappa shape index (κ2) is 4.27. The van der Waals surface area contributed by atoms with E-state index >= 15 is 0 Å². The molecular formula is C16H22F2O. The minimum atomic E-state index is -1.29. The molecule has 3 heteroatoms. The van der Waals surface area contributed by atoms with Crippen molar-refractivity contribution in [2.75, 3.05) is 0 Å². The fourth-order valence-electron chi connectivity index (χ4n) is 4.12. The van der Waals surface area contributed by atoms with Crippen LogP contribution in [0.5, 0.6) is 0 Å². The largest absolute Gasteiger partial charge is 0.385 e. The van der Waals surface area contributed by atoms with Crippen LogP contribution in [0.3, 0.4) is 0 Å². The van der Waals surface area contributed by atoms with Crippen molar-refractivity contribution >= 4 is 0 Å². The Balaban J connectivity index is 2.49. The zero-order chi connectivity index (χ0) is 14.5. The molecule has 1 nitrogen and oxygen atoms in total. The zero-order valence-electron chi connectivity index (χ0n) is 12.1. The van der Waals surface area contributed by atoms with Crippen LogP contribution in [0.15, 0.2) is 18.2 Å². The summed E-state index contributed by atoms with van der Waals surface area (Å²) in [4.78, 5) is 0. The third kappa shape index (κ3) is 2.81. The average molecular weight is 268 g/mol. The van der Waals surface area contributed by atoms with Gasteiger partial charge < -0.3 is 5.11 Å². The lowest BCUT2D eigenvalue weighted by atomic mass is 9.58. The number of halogens is 2. The molecule has 1 aromatic rings. The molecule has 0 saturated heterocycles. The lowest BCUT2D eigenvalue weighted by molar-refractivity contribution is -0.0934. The highest BCUT2D eigenvalue weighted by Crippen LogP contribution is 2.54. The fraction of sp³-hybridized carbons (Fsp3) is 0.625. The van der Waals surface area contributed by atoms with Crippen LogP contribution in [0.25, 0.3) is 0 Å². The van der Waals surface area contributed by atoms with Gasteiger partial charge in [-0.15, -0.1) is 0 Å². The minimum absolute atomic E-state index is 0.0911. The maximum Gasteiger partial charge on any atom is 0.164 e. The van der Waals surface area contributed by atoms with Gasteiger partial charge in [-0.25, -0.2) is 8.78 Å². The van der Waals surface area contributed by atoms with E-state index in [0.717, 1.165) is 12.5 Å². The van der Waals surface area contributed by atoms with Crippen molar-refractivity contribution in [3.63, 3.8) is 0 Å². The Morgan fingerprint density at radius 1 is 0.947 bits per heavy atom. The Kier molecular flexibility index (Phi) is 3.25. The van der Waals surface area contributed by atoms with Crippen molar-refractivity contribution in [1.29, 1.82) is 0 Å². The molecular weight excluding hydrogens is 246 g/mol. The Bertz CT molecular complexity index is 476. The van der Waals surface area contributed by atoms with Gasteiger partial charge in [-0.1, -0.05) is 39.8 Å². The summed E-state index contributed by atoms with van der Waals surface area (Å²) >= 11 is 0. The van der Waals surface area contributed by atoms with E-state index in [1.54, 1.807) is 0 Å². The summed E-state index contributed by atoms with van der Waals surface area (Å²) in [5, 5.41) is 10.9. The van der Waals surface area contributed by atoms with E-state index in [0.29, 0.717) is 12.8 Å². The molecule has 19 heavy (non-hydrogen) atoms. The minimum Gasteiger partial charge on any atom is -0.385 e. The van der Waals surface area contributed by atoms with Crippen LogP contribution >= 0.6 is 0 Å².